The Labute approximate surface area is 243 Å². The van der Waals surface area contributed by atoms with Gasteiger partial charge in [0.25, 0.3) is 0 Å². The van der Waals surface area contributed by atoms with Crippen LogP contribution in [0.1, 0.15) is 43.4 Å². The summed E-state index contributed by atoms with van der Waals surface area (Å²) in [5.74, 6) is 2.08. The second-order valence-electron chi connectivity index (χ2n) is 12.0. The van der Waals surface area contributed by atoms with Crippen LogP contribution in [0.3, 0.4) is 0 Å². The third-order valence-corrected chi connectivity index (χ3v) is 9.83. The molecule has 3 fully saturated rings. The first kappa shape index (κ1) is 25.8. The summed E-state index contributed by atoms with van der Waals surface area (Å²) in [5.41, 5.74) is 1.61. The maximum Gasteiger partial charge on any atom is 0.319 e. The van der Waals surface area contributed by atoms with E-state index in [0.29, 0.717) is 35.2 Å². The maximum atomic E-state index is 16.8. The van der Waals surface area contributed by atoms with Crippen LogP contribution >= 0.6 is 0 Å². The van der Waals surface area contributed by atoms with E-state index in [1.807, 2.05) is 12.1 Å². The minimum atomic E-state index is -0.572. The van der Waals surface area contributed by atoms with E-state index in [1.54, 1.807) is 12.1 Å². The minimum absolute atomic E-state index is 0.00970. The predicted octanol–water partition coefficient (Wildman–Crippen LogP) is 4.84. The van der Waals surface area contributed by atoms with E-state index in [1.165, 1.54) is 6.07 Å². The molecule has 4 aliphatic rings. The van der Waals surface area contributed by atoms with Crippen molar-refractivity contribution in [2.75, 3.05) is 44.2 Å². The summed E-state index contributed by atoms with van der Waals surface area (Å²) >= 11 is 0. The van der Waals surface area contributed by atoms with Crippen LogP contribution in [0, 0.1) is 24.0 Å². The Morgan fingerprint density at radius 2 is 1.90 bits per heavy atom. The lowest BCUT2D eigenvalue weighted by Crippen LogP contribution is -2.51. The average Bonchev–Trinajstić information content (AvgIpc) is 3.56. The molecule has 0 saturated carbocycles. The number of rotatable bonds is 4. The summed E-state index contributed by atoms with van der Waals surface area (Å²) in [6.07, 6.45) is 11.7. The van der Waals surface area contributed by atoms with Crippen molar-refractivity contribution in [2.45, 2.75) is 50.1 Å². The van der Waals surface area contributed by atoms with Gasteiger partial charge < -0.3 is 15.0 Å². The van der Waals surface area contributed by atoms with Gasteiger partial charge in [0, 0.05) is 36.6 Å². The summed E-state index contributed by atoms with van der Waals surface area (Å²) in [4.78, 5) is 19.4. The summed E-state index contributed by atoms with van der Waals surface area (Å²) in [6, 6.07) is 8.82. The number of benzene rings is 2. The smallest absolute Gasteiger partial charge is 0.319 e. The largest absolute Gasteiger partial charge is 0.461 e. The molecule has 3 saturated heterocycles. The van der Waals surface area contributed by atoms with Crippen LogP contribution in [0.15, 0.2) is 30.3 Å². The van der Waals surface area contributed by atoms with Crippen molar-refractivity contribution in [1.82, 2.24) is 25.2 Å². The molecule has 2 aromatic heterocycles. The van der Waals surface area contributed by atoms with E-state index < -0.39 is 11.6 Å². The molecule has 0 amide bonds. The van der Waals surface area contributed by atoms with Crippen molar-refractivity contribution in [2.24, 2.45) is 0 Å². The highest BCUT2D eigenvalue weighted by atomic mass is 19.1. The number of piperazine rings is 1. The fraction of sp³-hybridized carbons (Fsp3) is 0.424. The first-order valence-electron chi connectivity index (χ1n) is 15.0. The summed E-state index contributed by atoms with van der Waals surface area (Å²) in [5, 5.41) is 5.32. The van der Waals surface area contributed by atoms with Crippen LogP contribution in [-0.4, -0.2) is 70.8 Å². The molecule has 4 aliphatic heterocycles. The maximum absolute atomic E-state index is 16.8. The summed E-state index contributed by atoms with van der Waals surface area (Å²) in [6.45, 7) is 5.06. The number of aromatic nitrogens is 3. The van der Waals surface area contributed by atoms with E-state index in [-0.39, 0.29) is 34.4 Å². The molecule has 8 rings (SSSR count). The van der Waals surface area contributed by atoms with Gasteiger partial charge in [0.1, 0.15) is 29.5 Å². The van der Waals surface area contributed by atoms with Crippen LogP contribution in [0.2, 0.25) is 0 Å². The van der Waals surface area contributed by atoms with Crippen molar-refractivity contribution in [3.63, 3.8) is 0 Å². The predicted molar refractivity (Wildman–Crippen MR) is 159 cm³/mol. The zero-order valence-corrected chi connectivity index (χ0v) is 23.4. The van der Waals surface area contributed by atoms with E-state index in [4.69, 9.17) is 26.1 Å². The Morgan fingerprint density at radius 1 is 1.05 bits per heavy atom. The van der Waals surface area contributed by atoms with Gasteiger partial charge in [-0.2, -0.15) is 9.97 Å². The normalized spacial score (nSPS) is 21.3. The van der Waals surface area contributed by atoms with E-state index in [2.05, 4.69) is 21.0 Å². The van der Waals surface area contributed by atoms with Gasteiger partial charge in [-0.1, -0.05) is 30.2 Å². The number of nitrogens with one attached hydrogen (secondary N) is 1. The minimum Gasteiger partial charge on any atom is -0.461 e. The van der Waals surface area contributed by atoms with E-state index in [9.17, 15) is 4.39 Å². The molecule has 7 nitrogen and oxygen atoms in total. The molecular weight excluding hydrogens is 534 g/mol. The molecule has 42 heavy (non-hydrogen) atoms. The zero-order valence-electron chi connectivity index (χ0n) is 23.4. The lowest BCUT2D eigenvalue weighted by Gasteiger charge is -2.36. The van der Waals surface area contributed by atoms with Crippen LogP contribution in [0.5, 0.6) is 6.01 Å². The SMILES string of the molecule is C#Cc1c(F)ccc2cccc(-c3nc4c5c(nc(OCC67CCCN6CCC7)nc5c3F)N3CCNC[C@H]3CC4)c12. The number of fused-ring (bicyclic) bond motifs is 4. The number of hydrogen-bond donors (Lipinski definition) is 1. The third kappa shape index (κ3) is 3.89. The number of halogens is 2. The lowest BCUT2D eigenvalue weighted by atomic mass is 9.95. The molecule has 214 valence electrons. The Morgan fingerprint density at radius 3 is 2.74 bits per heavy atom. The molecule has 6 heterocycles. The second-order valence-corrected chi connectivity index (χ2v) is 12.0. The zero-order chi connectivity index (χ0) is 28.4. The number of nitrogens with zero attached hydrogens (tertiary/aromatic N) is 5. The van der Waals surface area contributed by atoms with Gasteiger partial charge in [-0.15, -0.1) is 6.42 Å². The molecule has 0 bridgehead atoms. The first-order chi connectivity index (χ1) is 20.6. The van der Waals surface area contributed by atoms with Gasteiger partial charge in [0.15, 0.2) is 5.82 Å². The van der Waals surface area contributed by atoms with Gasteiger partial charge >= 0.3 is 6.01 Å². The summed E-state index contributed by atoms with van der Waals surface area (Å²) < 4.78 is 38.1. The fourth-order valence-corrected chi connectivity index (χ4v) is 7.79. The number of hydrogen-bond acceptors (Lipinski definition) is 7. The van der Waals surface area contributed by atoms with Crippen LogP contribution < -0.4 is 15.0 Å². The van der Waals surface area contributed by atoms with Crippen molar-refractivity contribution in [3.05, 3.63) is 53.2 Å². The van der Waals surface area contributed by atoms with Crippen molar-refractivity contribution in [1.29, 1.82) is 0 Å². The quantitative estimate of drug-likeness (QED) is 0.355. The number of ether oxygens (including phenoxy) is 1. The standard InChI is InChI=1S/C33H32F2N6O/c1-2-22-24(34)10-8-20-6-3-7-23(26(20)22)29-28(35)30-27-25(37-29)11-9-21-18-36-14-17-41(21)31(27)39-32(38-30)42-19-33-12-4-15-40(33)16-5-13-33/h1,3,6-8,10,21,36H,4-5,9,11-19H2/t21-/m1/s1. The van der Waals surface area contributed by atoms with E-state index in [0.717, 1.165) is 75.9 Å². The Kier molecular flexibility index (Phi) is 6.06. The molecule has 1 N–H and O–H groups in total. The lowest BCUT2D eigenvalue weighted by molar-refractivity contribution is 0.108. The second kappa shape index (κ2) is 9.85. The van der Waals surface area contributed by atoms with Gasteiger partial charge in [-0.05, 0) is 63.1 Å². The average molecular weight is 567 g/mol. The van der Waals surface area contributed by atoms with Crippen LogP contribution in [-0.2, 0) is 6.42 Å². The summed E-state index contributed by atoms with van der Waals surface area (Å²) in [7, 11) is 0. The fourth-order valence-electron chi connectivity index (χ4n) is 7.79. The topological polar surface area (TPSA) is 66.4 Å². The third-order valence-electron chi connectivity index (χ3n) is 9.83. The van der Waals surface area contributed by atoms with Crippen molar-refractivity contribution < 1.29 is 13.5 Å². The van der Waals surface area contributed by atoms with Crippen molar-refractivity contribution >= 4 is 27.5 Å². The van der Waals surface area contributed by atoms with Gasteiger partial charge in [0.2, 0.25) is 0 Å². The van der Waals surface area contributed by atoms with Gasteiger partial charge in [-0.3, -0.25) is 4.90 Å². The first-order valence-corrected chi connectivity index (χ1v) is 15.0. The van der Waals surface area contributed by atoms with E-state index >= 15 is 4.39 Å². The Hall–Kier alpha value is -3.87. The molecule has 1 atom stereocenters. The molecule has 0 spiro atoms. The highest BCUT2D eigenvalue weighted by Gasteiger charge is 2.45. The monoisotopic (exact) mass is 566 g/mol. The molecule has 4 aromatic rings. The van der Waals surface area contributed by atoms with Gasteiger partial charge in [-0.25, -0.2) is 13.8 Å². The van der Waals surface area contributed by atoms with Crippen LogP contribution in [0.25, 0.3) is 32.9 Å². The molecular formula is C33H32F2N6O. The molecule has 2 aromatic carbocycles. The Balaban J connectivity index is 1.33. The molecule has 0 unspecified atom stereocenters. The number of pyridine rings is 1. The molecule has 9 heteroatoms. The highest BCUT2D eigenvalue weighted by Crippen LogP contribution is 2.42. The highest BCUT2D eigenvalue weighted by molar-refractivity contribution is 6.02. The number of anilines is 1. The Bertz CT molecular complexity index is 1770. The van der Waals surface area contributed by atoms with Crippen molar-refractivity contribution in [3.8, 4) is 29.6 Å². The number of terminal acetylenes is 1. The van der Waals surface area contributed by atoms with Gasteiger partial charge in [0.05, 0.1) is 22.2 Å². The molecule has 0 aliphatic carbocycles. The molecule has 0 radical (unpaired) electrons. The number of aryl methyl sites for hydroxylation is 1. The van der Waals surface area contributed by atoms with Crippen LogP contribution in [0.4, 0.5) is 14.6 Å².